The summed E-state index contributed by atoms with van der Waals surface area (Å²) < 4.78 is 49.8. The summed E-state index contributed by atoms with van der Waals surface area (Å²) in [5.41, 5.74) is 2.05. The van der Waals surface area contributed by atoms with Gasteiger partial charge in [-0.15, -0.1) is 11.6 Å². The fraction of sp³-hybridized carbons (Fsp3) is 0.217. The highest BCUT2D eigenvalue weighted by Gasteiger charge is 2.27. The van der Waals surface area contributed by atoms with E-state index in [9.17, 15) is 13.0 Å². The van der Waals surface area contributed by atoms with Gasteiger partial charge in [0.15, 0.2) is 15.1 Å². The van der Waals surface area contributed by atoms with Crippen molar-refractivity contribution >= 4 is 21.7 Å². The molecule has 32 heavy (non-hydrogen) atoms. The lowest BCUT2D eigenvalue weighted by Crippen LogP contribution is -3.61. The number of halogens is 2. The Hall–Kier alpha value is -2.01. The fourth-order valence-electron chi connectivity index (χ4n) is 2.51. The quantitative estimate of drug-likeness (QED) is 0.236. The minimum atomic E-state index is -4.27. The van der Waals surface area contributed by atoms with Gasteiger partial charge in [-0.1, -0.05) is 29.8 Å². The molecule has 3 aromatic carbocycles. The molecule has 3 aromatic rings. The largest absolute Gasteiger partial charge is 0.744 e. The van der Waals surface area contributed by atoms with Crippen LogP contribution in [0.3, 0.4) is 0 Å². The third-order valence-electron chi connectivity index (χ3n) is 4.24. The molecule has 0 spiro atoms. The molecular weight excluding hydrogens is 567 g/mol. The number of hydrogen-bond donors (Lipinski definition) is 0. The van der Waals surface area contributed by atoms with E-state index in [1.807, 2.05) is 19.1 Å². The van der Waals surface area contributed by atoms with Gasteiger partial charge in [-0.05, 0) is 36.8 Å². The number of alkyl halides is 1. The number of benzene rings is 3. The molecule has 0 saturated carbocycles. The summed E-state index contributed by atoms with van der Waals surface area (Å²) in [5.74, 6) is 2.88. The molecule has 0 aliphatic heterocycles. The Kier molecular flexibility index (Phi) is 10.1. The first-order valence-corrected chi connectivity index (χ1v) is 13.4. The van der Waals surface area contributed by atoms with Crippen LogP contribution in [0.1, 0.15) is 11.1 Å². The van der Waals surface area contributed by atoms with Gasteiger partial charge < -0.3 is 18.8 Å². The summed E-state index contributed by atoms with van der Waals surface area (Å²) in [5, 5.41) is 0. The van der Waals surface area contributed by atoms with Gasteiger partial charge in [-0.2, -0.15) is 0 Å². The summed E-state index contributed by atoms with van der Waals surface area (Å²) in [7, 11) is 0.693. The second-order valence-corrected chi connectivity index (χ2v) is 11.0. The Morgan fingerprint density at radius 3 is 1.81 bits per heavy atom. The predicted molar refractivity (Wildman–Crippen MR) is 119 cm³/mol. The van der Waals surface area contributed by atoms with Gasteiger partial charge in [-0.25, -0.2) is 8.42 Å². The van der Waals surface area contributed by atoms with Gasteiger partial charge in [0.05, 0.1) is 26.2 Å². The van der Waals surface area contributed by atoms with E-state index in [0.29, 0.717) is 5.88 Å². The molecular formula is C23H24ClIO6S. The van der Waals surface area contributed by atoms with Crippen molar-refractivity contribution in [2.45, 2.75) is 17.7 Å². The first-order chi connectivity index (χ1) is 15.2. The topological polar surface area (TPSA) is 84.9 Å². The van der Waals surface area contributed by atoms with Crippen LogP contribution in [0, 0.1) is 14.1 Å². The summed E-state index contributed by atoms with van der Waals surface area (Å²) in [6, 6.07) is 17.9. The highest BCUT2D eigenvalue weighted by Crippen LogP contribution is 2.27. The number of aryl methyl sites for hydroxylation is 1. The molecule has 3 rings (SSSR count). The van der Waals surface area contributed by atoms with Gasteiger partial charge in [0.2, 0.25) is 0 Å². The second kappa shape index (κ2) is 12.3. The maximum atomic E-state index is 10.4. The molecule has 0 atom stereocenters. The molecule has 6 nitrogen and oxygen atoms in total. The highest BCUT2D eigenvalue weighted by atomic mass is 127. The number of methoxy groups -OCH3 is 3. The summed E-state index contributed by atoms with van der Waals surface area (Å²) in [6.45, 7) is 1.82. The number of hydrogen-bond acceptors (Lipinski definition) is 6. The molecule has 0 saturated heterocycles. The average molecular weight is 591 g/mol. The zero-order valence-corrected chi connectivity index (χ0v) is 21.8. The molecule has 0 amide bonds. The van der Waals surface area contributed by atoms with Crippen LogP contribution in [0.4, 0.5) is 0 Å². The van der Waals surface area contributed by atoms with Gasteiger partial charge >= 0.3 is 21.2 Å². The Morgan fingerprint density at radius 1 is 0.875 bits per heavy atom. The van der Waals surface area contributed by atoms with Crippen molar-refractivity contribution in [3.05, 3.63) is 78.9 Å². The van der Waals surface area contributed by atoms with Gasteiger partial charge in [0, 0.05) is 18.0 Å². The van der Waals surface area contributed by atoms with E-state index in [1.54, 1.807) is 33.5 Å². The highest BCUT2D eigenvalue weighted by molar-refractivity contribution is 7.85. The van der Waals surface area contributed by atoms with Crippen LogP contribution in [0.5, 0.6) is 17.2 Å². The van der Waals surface area contributed by atoms with Crippen LogP contribution in [0.25, 0.3) is 0 Å². The minimum absolute atomic E-state index is 0.178. The Labute approximate surface area is 204 Å². The van der Waals surface area contributed by atoms with Crippen LogP contribution >= 0.6 is 11.6 Å². The van der Waals surface area contributed by atoms with E-state index in [0.717, 1.165) is 31.9 Å². The minimum Gasteiger partial charge on any atom is -0.744 e. The first kappa shape index (κ1) is 26.2. The summed E-state index contributed by atoms with van der Waals surface area (Å²) in [6.07, 6.45) is 0. The maximum Gasteiger partial charge on any atom is 0.366 e. The normalized spacial score (nSPS) is 10.7. The standard InChI is InChI=1S/C16H17ClIO3.C7H8O3S/c1-19-13-8-14(20-2)16(15(9-13)21-3)18-12-6-4-11(10-17)5-7-12;1-6-2-4-7(5-3-6)11(8,9)10/h4-9H,10H2,1-3H3;2-5H,1H3,(H,8,9,10)/q+1;/p-1. The van der Waals surface area contributed by atoms with E-state index in [2.05, 4.69) is 24.3 Å². The molecule has 0 aliphatic carbocycles. The molecule has 0 N–H and O–H groups in total. The smallest absolute Gasteiger partial charge is 0.366 e. The van der Waals surface area contributed by atoms with Crippen LogP contribution in [-0.4, -0.2) is 34.3 Å². The molecule has 0 aromatic heterocycles. The van der Waals surface area contributed by atoms with Crippen LogP contribution in [-0.2, 0) is 16.0 Å². The zero-order valence-electron chi connectivity index (χ0n) is 18.1. The lowest BCUT2D eigenvalue weighted by atomic mass is 10.2. The molecule has 0 heterocycles. The Balaban J connectivity index is 0.000000278. The lowest BCUT2D eigenvalue weighted by Gasteiger charge is -2.08. The van der Waals surface area contributed by atoms with Crippen LogP contribution in [0.2, 0.25) is 0 Å². The molecule has 0 fully saturated rings. The monoisotopic (exact) mass is 590 g/mol. The maximum absolute atomic E-state index is 10.4. The SMILES string of the molecule is COc1cc(OC)c([I+]c2ccc(CCl)cc2)c(OC)c1.Cc1ccc(S(=O)(=O)[O-])cc1. The Bertz CT molecular complexity index is 1090. The molecule has 172 valence electrons. The van der Waals surface area contributed by atoms with E-state index in [-0.39, 0.29) is 4.90 Å². The van der Waals surface area contributed by atoms with E-state index >= 15 is 0 Å². The zero-order chi connectivity index (χ0) is 23.7. The summed E-state index contributed by atoms with van der Waals surface area (Å²) in [4.78, 5) is -0.178. The molecule has 0 bridgehead atoms. The van der Waals surface area contributed by atoms with Crippen molar-refractivity contribution < 1.29 is 48.4 Å². The van der Waals surface area contributed by atoms with Crippen molar-refractivity contribution in [2.75, 3.05) is 21.3 Å². The molecule has 0 radical (unpaired) electrons. The second-order valence-electron chi connectivity index (χ2n) is 6.47. The van der Waals surface area contributed by atoms with Crippen molar-refractivity contribution in [3.8, 4) is 17.2 Å². The molecule has 9 heteroatoms. The average Bonchev–Trinajstić information content (AvgIpc) is 2.79. The third-order valence-corrected chi connectivity index (χ3v) is 8.34. The van der Waals surface area contributed by atoms with Crippen molar-refractivity contribution in [1.82, 2.24) is 0 Å². The third kappa shape index (κ3) is 7.54. The van der Waals surface area contributed by atoms with Gasteiger partial charge in [0.25, 0.3) is 3.57 Å². The Morgan fingerprint density at radius 2 is 1.41 bits per heavy atom. The van der Waals surface area contributed by atoms with Crippen LogP contribution < -0.4 is 35.4 Å². The van der Waals surface area contributed by atoms with Crippen molar-refractivity contribution in [1.29, 1.82) is 0 Å². The lowest BCUT2D eigenvalue weighted by molar-refractivity contribution is -0.598. The summed E-state index contributed by atoms with van der Waals surface area (Å²) >= 11 is 5.41. The van der Waals surface area contributed by atoms with E-state index < -0.39 is 31.3 Å². The molecule has 0 unspecified atom stereocenters. The van der Waals surface area contributed by atoms with Crippen molar-refractivity contribution in [3.63, 3.8) is 0 Å². The van der Waals surface area contributed by atoms with Crippen molar-refractivity contribution in [2.24, 2.45) is 0 Å². The van der Waals surface area contributed by atoms with Gasteiger partial charge in [0.1, 0.15) is 15.9 Å². The number of ether oxygens (including phenoxy) is 3. The van der Waals surface area contributed by atoms with E-state index in [1.165, 1.54) is 15.7 Å². The van der Waals surface area contributed by atoms with Gasteiger partial charge in [-0.3, -0.25) is 0 Å². The molecule has 0 aliphatic rings. The number of rotatable bonds is 7. The fourth-order valence-corrected chi connectivity index (χ4v) is 5.78. The predicted octanol–water partition coefficient (Wildman–Crippen LogP) is 1.48. The first-order valence-electron chi connectivity index (χ1n) is 9.34. The van der Waals surface area contributed by atoms with Crippen LogP contribution in [0.15, 0.2) is 65.6 Å². The van der Waals surface area contributed by atoms with E-state index in [4.69, 9.17) is 25.8 Å².